The van der Waals surface area contributed by atoms with Crippen molar-refractivity contribution in [1.29, 1.82) is 0 Å². The molecule has 0 aliphatic carbocycles. The van der Waals surface area contributed by atoms with E-state index in [-0.39, 0.29) is 43.7 Å². The van der Waals surface area contributed by atoms with E-state index in [1.807, 2.05) is 54.6 Å². The number of hydrogen-bond donors (Lipinski definition) is 9. The molecule has 2 unspecified atom stereocenters. The van der Waals surface area contributed by atoms with Crippen molar-refractivity contribution in [3.05, 3.63) is 60.2 Å². The highest BCUT2D eigenvalue weighted by atomic mass is 16.2. The first-order chi connectivity index (χ1) is 27.9. The van der Waals surface area contributed by atoms with Gasteiger partial charge in [0.1, 0.15) is 18.1 Å². The molecule has 11 N–H and O–H groups in total. The van der Waals surface area contributed by atoms with Gasteiger partial charge in [-0.05, 0) is 55.0 Å². The molecule has 0 bridgehead atoms. The van der Waals surface area contributed by atoms with Crippen molar-refractivity contribution in [2.24, 2.45) is 23.3 Å². The van der Waals surface area contributed by atoms with Gasteiger partial charge in [0.25, 0.3) is 0 Å². The number of hydrogen-bond acceptors (Lipinski definition) is 10. The Kier molecular flexibility index (Phi) is 21.3. The molecule has 0 saturated carbocycles. The summed E-state index contributed by atoms with van der Waals surface area (Å²) in [5, 5.41) is 18.2. The minimum Gasteiger partial charge on any atom is -0.368 e. The van der Waals surface area contributed by atoms with Crippen molar-refractivity contribution < 1.29 is 38.4 Å². The number of nitrogens with zero attached hydrogens (tertiary/aromatic N) is 1. The SMILES string of the molecule is CNC(CC(=O)N[C@@H](Cc1ccc(-c2ccccc2)cc1)C(=O)NCC(=O)N(C)CC(=O)NCC(=O)N[C@@H](CCN)C(=O)NCC(=O)NC(C(N)=O)C(C)C)CC(C)C. The van der Waals surface area contributed by atoms with Crippen molar-refractivity contribution in [3.8, 4) is 11.1 Å². The molecule has 0 aromatic heterocycles. The summed E-state index contributed by atoms with van der Waals surface area (Å²) >= 11 is 0. The summed E-state index contributed by atoms with van der Waals surface area (Å²) in [4.78, 5) is 102. The van der Waals surface area contributed by atoms with Gasteiger partial charge in [-0.1, -0.05) is 82.3 Å². The number of carbonyl (C=O) groups is 8. The van der Waals surface area contributed by atoms with Gasteiger partial charge in [-0.15, -0.1) is 0 Å². The molecule has 18 heteroatoms. The number of amides is 8. The molecule has 0 aliphatic rings. The summed E-state index contributed by atoms with van der Waals surface area (Å²) < 4.78 is 0. The fourth-order valence-corrected chi connectivity index (χ4v) is 5.98. The molecular formula is C41H62N10O8. The zero-order valence-electron chi connectivity index (χ0n) is 34.9. The quantitative estimate of drug-likeness (QED) is 0.0570. The van der Waals surface area contributed by atoms with Gasteiger partial charge in [0, 0.05) is 25.9 Å². The number of nitrogens with two attached hydrogens (primary N) is 2. The molecular weight excluding hydrogens is 761 g/mol. The predicted molar refractivity (Wildman–Crippen MR) is 223 cm³/mol. The van der Waals surface area contributed by atoms with Crippen molar-refractivity contribution >= 4 is 47.3 Å². The fraction of sp³-hybridized carbons (Fsp3) is 0.512. The predicted octanol–water partition coefficient (Wildman–Crippen LogP) is -1.33. The number of benzene rings is 2. The molecule has 0 saturated heterocycles. The van der Waals surface area contributed by atoms with Gasteiger partial charge in [-0.25, -0.2) is 0 Å². The Hall–Kier alpha value is -5.88. The Morgan fingerprint density at radius 2 is 1.24 bits per heavy atom. The largest absolute Gasteiger partial charge is 0.368 e. The highest BCUT2D eigenvalue weighted by Gasteiger charge is 2.26. The molecule has 8 amide bonds. The van der Waals surface area contributed by atoms with Gasteiger partial charge in [-0.3, -0.25) is 38.4 Å². The van der Waals surface area contributed by atoms with Crippen molar-refractivity contribution in [3.63, 3.8) is 0 Å². The molecule has 4 atom stereocenters. The maximum Gasteiger partial charge on any atom is 0.243 e. The van der Waals surface area contributed by atoms with Crippen LogP contribution in [0.25, 0.3) is 11.1 Å². The number of nitrogens with one attached hydrogen (secondary N) is 7. The van der Waals surface area contributed by atoms with E-state index in [1.165, 1.54) is 7.05 Å². The molecule has 0 heterocycles. The van der Waals surface area contributed by atoms with Crippen molar-refractivity contribution in [2.45, 2.75) is 77.5 Å². The highest BCUT2D eigenvalue weighted by molar-refractivity contribution is 5.94. The smallest absolute Gasteiger partial charge is 0.243 e. The second kappa shape index (κ2) is 25.5. The van der Waals surface area contributed by atoms with Crippen LogP contribution in [0.5, 0.6) is 0 Å². The molecule has 2 rings (SSSR count). The first-order valence-corrected chi connectivity index (χ1v) is 19.7. The zero-order chi connectivity index (χ0) is 44.1. The number of primary amides is 1. The van der Waals surface area contributed by atoms with Crippen LogP contribution in [-0.4, -0.2) is 123 Å². The summed E-state index contributed by atoms with van der Waals surface area (Å²) in [5.41, 5.74) is 13.7. The molecule has 59 heavy (non-hydrogen) atoms. The van der Waals surface area contributed by atoms with Crippen LogP contribution < -0.4 is 48.7 Å². The van der Waals surface area contributed by atoms with Crippen LogP contribution in [0.15, 0.2) is 54.6 Å². The second-order valence-corrected chi connectivity index (χ2v) is 15.1. The summed E-state index contributed by atoms with van der Waals surface area (Å²) in [7, 11) is 3.12. The number of rotatable bonds is 25. The Balaban J connectivity index is 1.94. The standard InChI is InChI=1S/C41H62N10O8/c1-25(2)18-30(44-5)20-33(52)49-32(19-27-12-14-29(15-13-27)28-10-8-7-9-11-28)41(59)47-23-37(56)51(6)24-36(55)45-21-34(53)48-31(16-17-42)40(58)46-22-35(54)50-38(26(3)4)39(43)57/h7-15,25-26,30-32,38,44H,16-24,42H2,1-6H3,(H2,43,57)(H,45,55)(H,46,58)(H,47,59)(H,48,53)(H,49,52)(H,50,54)/t30?,31-,32-,38?/m0/s1. The molecule has 324 valence electrons. The van der Waals surface area contributed by atoms with Crippen LogP contribution in [0, 0.1) is 11.8 Å². The third-order valence-electron chi connectivity index (χ3n) is 9.23. The molecule has 18 nitrogen and oxygen atoms in total. The molecule has 2 aromatic carbocycles. The summed E-state index contributed by atoms with van der Waals surface area (Å²) in [6.45, 7) is 5.56. The lowest BCUT2D eigenvalue weighted by Gasteiger charge is -2.23. The summed E-state index contributed by atoms with van der Waals surface area (Å²) in [6, 6.07) is 14.3. The van der Waals surface area contributed by atoms with Gasteiger partial charge < -0.3 is 53.6 Å². The maximum atomic E-state index is 13.5. The molecule has 0 radical (unpaired) electrons. The third kappa shape index (κ3) is 18.5. The lowest BCUT2D eigenvalue weighted by Crippen LogP contribution is -2.54. The molecule has 2 aromatic rings. The summed E-state index contributed by atoms with van der Waals surface area (Å²) in [5.74, 6) is -4.98. The first-order valence-electron chi connectivity index (χ1n) is 19.7. The van der Waals surface area contributed by atoms with Gasteiger partial charge in [0.05, 0.1) is 26.2 Å². The molecule has 0 aliphatic heterocycles. The number of carbonyl (C=O) groups excluding carboxylic acids is 8. The second-order valence-electron chi connectivity index (χ2n) is 15.1. The third-order valence-corrected chi connectivity index (χ3v) is 9.23. The van der Waals surface area contributed by atoms with Gasteiger partial charge in [-0.2, -0.15) is 0 Å². The van der Waals surface area contributed by atoms with E-state index >= 15 is 0 Å². The summed E-state index contributed by atoms with van der Waals surface area (Å²) in [6.07, 6.45) is 1.09. The lowest BCUT2D eigenvalue weighted by atomic mass is 9.99. The van der Waals surface area contributed by atoms with E-state index in [9.17, 15) is 38.4 Å². The van der Waals surface area contributed by atoms with Crippen LogP contribution in [0.1, 0.15) is 52.5 Å². The van der Waals surface area contributed by atoms with E-state index < -0.39 is 85.7 Å². The van der Waals surface area contributed by atoms with Crippen LogP contribution >= 0.6 is 0 Å². The zero-order valence-corrected chi connectivity index (χ0v) is 34.9. The minimum atomic E-state index is -1.13. The Morgan fingerprint density at radius 3 is 1.81 bits per heavy atom. The van der Waals surface area contributed by atoms with Gasteiger partial charge >= 0.3 is 0 Å². The van der Waals surface area contributed by atoms with Crippen LogP contribution in [0.3, 0.4) is 0 Å². The van der Waals surface area contributed by atoms with Gasteiger partial charge in [0.2, 0.25) is 47.3 Å². The highest BCUT2D eigenvalue weighted by Crippen LogP contribution is 2.20. The number of likely N-dealkylation sites (N-methyl/N-ethyl adjacent to an activating group) is 1. The maximum absolute atomic E-state index is 13.5. The van der Waals surface area contributed by atoms with E-state index in [1.54, 1.807) is 20.9 Å². The minimum absolute atomic E-state index is 0.0154. The molecule has 0 fully saturated rings. The van der Waals surface area contributed by atoms with E-state index in [0.717, 1.165) is 28.0 Å². The fourth-order valence-electron chi connectivity index (χ4n) is 5.98. The molecule has 0 spiro atoms. The Labute approximate surface area is 346 Å². The van der Waals surface area contributed by atoms with E-state index in [2.05, 4.69) is 51.1 Å². The Bertz CT molecular complexity index is 1720. The van der Waals surface area contributed by atoms with E-state index in [0.29, 0.717) is 5.92 Å². The Morgan fingerprint density at radius 1 is 0.678 bits per heavy atom. The van der Waals surface area contributed by atoms with Crippen molar-refractivity contribution in [1.82, 2.24) is 42.1 Å². The van der Waals surface area contributed by atoms with Crippen LogP contribution in [0.4, 0.5) is 0 Å². The van der Waals surface area contributed by atoms with Crippen molar-refractivity contribution in [2.75, 3.05) is 46.8 Å². The average Bonchev–Trinajstić information content (AvgIpc) is 3.19. The topological polar surface area (TPSA) is 276 Å². The van der Waals surface area contributed by atoms with E-state index in [4.69, 9.17) is 11.5 Å². The lowest BCUT2D eigenvalue weighted by molar-refractivity contribution is -0.136. The van der Waals surface area contributed by atoms with Crippen LogP contribution in [0.2, 0.25) is 0 Å². The van der Waals surface area contributed by atoms with Gasteiger partial charge in [0.15, 0.2) is 0 Å². The average molecular weight is 823 g/mol. The van der Waals surface area contributed by atoms with Crippen LogP contribution in [-0.2, 0) is 44.8 Å². The normalized spacial score (nSPS) is 13.0. The monoisotopic (exact) mass is 822 g/mol. The first kappa shape index (κ1) is 49.3.